The molecule has 2 rings (SSSR count). The average molecular weight is 368 g/mol. The Balaban J connectivity index is 1.83. The molecule has 136 valence electrons. The minimum absolute atomic E-state index is 0.327. The number of carbonyl (C=O) groups is 1. The normalized spacial score (nSPS) is 12.6. The van der Waals surface area contributed by atoms with Gasteiger partial charge >= 0.3 is 0 Å². The Morgan fingerprint density at radius 2 is 1.65 bits per heavy atom. The molecule has 2 aromatic carbocycles. The van der Waals surface area contributed by atoms with Crippen LogP contribution in [-0.2, 0) is 11.2 Å². The van der Waals surface area contributed by atoms with Crippen molar-refractivity contribution in [3.05, 3.63) is 71.3 Å². The highest BCUT2D eigenvalue weighted by Crippen LogP contribution is 2.28. The molecule has 1 amide bonds. The smallest absolute Gasteiger partial charge is 0.259 e. The molecule has 4 heteroatoms. The van der Waals surface area contributed by atoms with Crippen molar-refractivity contribution in [2.24, 2.45) is 0 Å². The van der Waals surface area contributed by atoms with E-state index < -0.39 is 4.75 Å². The fraction of sp³-hybridized carbons (Fsp3) is 0.318. The summed E-state index contributed by atoms with van der Waals surface area (Å²) in [5.74, 6) is 6.01. The number of unbranched alkanes of at least 4 members (excludes halogenated alkanes) is 1. The lowest BCUT2D eigenvalue weighted by Crippen LogP contribution is -2.40. The van der Waals surface area contributed by atoms with Crippen LogP contribution >= 0.6 is 11.8 Å². The van der Waals surface area contributed by atoms with Gasteiger partial charge in [0.1, 0.15) is 0 Å². The molecule has 0 fully saturated rings. The Bertz CT molecular complexity index is 762. The van der Waals surface area contributed by atoms with Crippen molar-refractivity contribution >= 4 is 17.7 Å². The highest BCUT2D eigenvalue weighted by atomic mass is 32.2. The second-order valence-electron chi connectivity index (χ2n) is 6.40. The topological polar surface area (TPSA) is 49.3 Å². The third kappa shape index (κ3) is 5.94. The monoisotopic (exact) mass is 367 g/mol. The maximum atomic E-state index is 11.7. The first-order chi connectivity index (χ1) is 12.6. The number of carbonyl (C=O) groups excluding carboxylic acids is 1. The Morgan fingerprint density at radius 3 is 2.23 bits per heavy atom. The molecule has 0 spiro atoms. The number of rotatable bonds is 7. The molecule has 0 radical (unpaired) electrons. The first-order valence-electron chi connectivity index (χ1n) is 8.73. The molecule has 26 heavy (non-hydrogen) atoms. The van der Waals surface area contributed by atoms with E-state index in [-0.39, 0.29) is 5.91 Å². The lowest BCUT2D eigenvalue weighted by molar-refractivity contribution is -0.131. The fourth-order valence-electron chi connectivity index (χ4n) is 2.64. The first kappa shape index (κ1) is 20.1. The van der Waals surface area contributed by atoms with Crippen molar-refractivity contribution < 1.29 is 10.0 Å². The van der Waals surface area contributed by atoms with Gasteiger partial charge in [0.15, 0.2) is 0 Å². The number of nitrogens with one attached hydrogen (secondary N) is 1. The molecule has 2 aromatic rings. The maximum Gasteiger partial charge on any atom is 0.259 e. The molecule has 3 nitrogen and oxygen atoms in total. The van der Waals surface area contributed by atoms with Crippen LogP contribution in [0.2, 0.25) is 0 Å². The summed E-state index contributed by atoms with van der Waals surface area (Å²) in [5, 5.41) is 8.85. The van der Waals surface area contributed by atoms with Crippen LogP contribution in [0.4, 0.5) is 0 Å². The summed E-state index contributed by atoms with van der Waals surface area (Å²) >= 11 is 1.47. The molecule has 0 aliphatic heterocycles. The van der Waals surface area contributed by atoms with Gasteiger partial charge in [-0.25, -0.2) is 5.48 Å². The zero-order valence-corrected chi connectivity index (χ0v) is 16.1. The Hall–Kier alpha value is -2.22. The molecule has 2 N–H and O–H groups in total. The van der Waals surface area contributed by atoms with Crippen LogP contribution in [0.3, 0.4) is 0 Å². The molecule has 1 atom stereocenters. The van der Waals surface area contributed by atoms with Crippen LogP contribution in [0.5, 0.6) is 0 Å². The summed E-state index contributed by atoms with van der Waals surface area (Å²) in [6, 6.07) is 18.3. The second-order valence-corrected chi connectivity index (χ2v) is 7.71. The number of benzene rings is 2. The van der Waals surface area contributed by atoms with Crippen LogP contribution in [0.1, 0.15) is 42.9 Å². The van der Waals surface area contributed by atoms with Crippen LogP contribution < -0.4 is 5.48 Å². The van der Waals surface area contributed by atoms with Gasteiger partial charge in [0.25, 0.3) is 5.91 Å². The summed E-state index contributed by atoms with van der Waals surface area (Å²) in [6.07, 6.45) is 5.54. The summed E-state index contributed by atoms with van der Waals surface area (Å²) < 4.78 is -0.578. The van der Waals surface area contributed by atoms with E-state index in [0.29, 0.717) is 0 Å². The average Bonchev–Trinajstić information content (AvgIpc) is 2.70. The maximum absolute atomic E-state index is 11.7. The minimum atomic E-state index is -0.578. The lowest BCUT2D eigenvalue weighted by atomic mass is 9.99. The molecular weight excluding hydrogens is 342 g/mol. The molecule has 0 bridgehead atoms. The van der Waals surface area contributed by atoms with Crippen LogP contribution in [0.15, 0.2) is 54.6 Å². The van der Waals surface area contributed by atoms with Gasteiger partial charge in [-0.1, -0.05) is 48.6 Å². The number of hydrogen-bond donors (Lipinski definition) is 2. The molecular formula is C22H25NO2S. The van der Waals surface area contributed by atoms with Gasteiger partial charge in [-0.05, 0) is 62.3 Å². The summed E-state index contributed by atoms with van der Waals surface area (Å²) in [6.45, 7) is 1.86. The van der Waals surface area contributed by atoms with Crippen molar-refractivity contribution in [3.8, 4) is 11.8 Å². The van der Waals surface area contributed by atoms with Gasteiger partial charge < -0.3 is 0 Å². The molecule has 0 aliphatic rings. The molecule has 0 saturated carbocycles. The summed E-state index contributed by atoms with van der Waals surface area (Å²) in [4.78, 5) is 11.7. The number of aryl methyl sites for hydroxylation is 1. The van der Waals surface area contributed by atoms with E-state index in [1.807, 2.05) is 43.5 Å². The van der Waals surface area contributed by atoms with Gasteiger partial charge in [-0.15, -0.1) is 11.8 Å². The molecule has 0 aromatic heterocycles. The minimum Gasteiger partial charge on any atom is -0.289 e. The number of hydroxylamine groups is 1. The highest BCUT2D eigenvalue weighted by molar-refractivity contribution is 8.00. The largest absolute Gasteiger partial charge is 0.289 e. The first-order valence-corrected chi connectivity index (χ1v) is 9.95. The Labute approximate surface area is 160 Å². The fourth-order valence-corrected chi connectivity index (χ4v) is 3.22. The van der Waals surface area contributed by atoms with Crippen molar-refractivity contribution in [1.82, 2.24) is 5.48 Å². The second kappa shape index (κ2) is 10.1. The van der Waals surface area contributed by atoms with Gasteiger partial charge in [-0.3, -0.25) is 10.0 Å². The van der Waals surface area contributed by atoms with E-state index >= 15 is 0 Å². The van der Waals surface area contributed by atoms with Gasteiger partial charge in [0.05, 0.1) is 4.75 Å². The van der Waals surface area contributed by atoms with Gasteiger partial charge in [0.2, 0.25) is 0 Å². The summed E-state index contributed by atoms with van der Waals surface area (Å²) in [7, 11) is 0. The van der Waals surface area contributed by atoms with Gasteiger partial charge in [-0.2, -0.15) is 0 Å². The summed E-state index contributed by atoms with van der Waals surface area (Å²) in [5.41, 5.74) is 5.06. The SMILES string of the molecule is CSC(C)(CCCCc1ccc(C#Cc2ccccc2)cc1)C(=O)NO. The van der Waals surface area contributed by atoms with Crippen molar-refractivity contribution in [2.45, 2.75) is 37.4 Å². The van der Waals surface area contributed by atoms with Crippen LogP contribution in [-0.4, -0.2) is 22.1 Å². The van der Waals surface area contributed by atoms with Crippen molar-refractivity contribution in [2.75, 3.05) is 6.26 Å². The molecule has 0 saturated heterocycles. The molecule has 0 heterocycles. The number of amides is 1. The van der Waals surface area contributed by atoms with E-state index in [0.717, 1.165) is 36.8 Å². The third-order valence-corrected chi connectivity index (χ3v) is 5.77. The quantitative estimate of drug-likeness (QED) is 0.329. The zero-order chi connectivity index (χ0) is 18.8. The van der Waals surface area contributed by atoms with Crippen LogP contribution in [0, 0.1) is 11.8 Å². The Morgan fingerprint density at radius 1 is 1.04 bits per heavy atom. The van der Waals surface area contributed by atoms with E-state index in [1.165, 1.54) is 17.3 Å². The zero-order valence-electron chi connectivity index (χ0n) is 15.3. The molecule has 1 unspecified atom stereocenters. The van der Waals surface area contributed by atoms with Crippen LogP contribution in [0.25, 0.3) is 0 Å². The van der Waals surface area contributed by atoms with E-state index in [9.17, 15) is 4.79 Å². The van der Waals surface area contributed by atoms with E-state index in [1.54, 1.807) is 5.48 Å². The number of hydrogen-bond acceptors (Lipinski definition) is 3. The van der Waals surface area contributed by atoms with Gasteiger partial charge in [0, 0.05) is 11.1 Å². The van der Waals surface area contributed by atoms with Crippen molar-refractivity contribution in [3.63, 3.8) is 0 Å². The van der Waals surface area contributed by atoms with E-state index in [4.69, 9.17) is 5.21 Å². The number of thioether (sulfide) groups is 1. The lowest BCUT2D eigenvalue weighted by Gasteiger charge is -2.24. The van der Waals surface area contributed by atoms with Crippen molar-refractivity contribution in [1.29, 1.82) is 0 Å². The highest BCUT2D eigenvalue weighted by Gasteiger charge is 2.31. The molecule has 0 aliphatic carbocycles. The Kier molecular flexibility index (Phi) is 7.77. The standard InChI is InChI=1S/C22H25NO2S/c1-22(26-2,21(24)23-25)17-7-6-10-19-12-15-20(16-13-19)14-11-18-8-4-3-5-9-18/h3-5,8-9,12-13,15-16,25H,6-7,10,17H2,1-2H3,(H,23,24). The van der Waals surface area contributed by atoms with E-state index in [2.05, 4.69) is 36.1 Å². The third-order valence-electron chi connectivity index (χ3n) is 4.48. The predicted molar refractivity (Wildman–Crippen MR) is 108 cm³/mol. The predicted octanol–water partition coefficient (Wildman–Crippen LogP) is 4.43.